The largest absolute Gasteiger partial charge is 0.490 e. The number of rotatable bonds is 7. The standard InChI is InChI=1S/C23H19NO4/c1-2-27-22-13-16(10-11-21(22)28-15-23(25)26)12-18(14-24)20-9-5-7-17-6-3-4-8-19(17)20/h3-13H,2,15H2,1H3,(H,25,26)/b18-12-. The lowest BCUT2D eigenvalue weighted by Crippen LogP contribution is -2.10. The zero-order chi connectivity index (χ0) is 19.9. The van der Waals surface area contributed by atoms with E-state index in [1.54, 1.807) is 24.3 Å². The number of hydrogen-bond acceptors (Lipinski definition) is 4. The minimum atomic E-state index is -1.06. The van der Waals surface area contributed by atoms with Crippen molar-refractivity contribution in [3.63, 3.8) is 0 Å². The van der Waals surface area contributed by atoms with Crippen LogP contribution in [0.1, 0.15) is 18.1 Å². The molecule has 0 unspecified atom stereocenters. The molecule has 3 rings (SSSR count). The molecule has 0 saturated carbocycles. The molecule has 0 aromatic heterocycles. The predicted octanol–water partition coefficient (Wildman–Crippen LogP) is 4.77. The van der Waals surface area contributed by atoms with E-state index in [-0.39, 0.29) is 0 Å². The monoisotopic (exact) mass is 373 g/mol. The Morgan fingerprint density at radius 2 is 1.86 bits per heavy atom. The van der Waals surface area contributed by atoms with Crippen molar-refractivity contribution >= 4 is 28.4 Å². The molecule has 0 heterocycles. The van der Waals surface area contributed by atoms with Crippen LogP contribution in [0.4, 0.5) is 0 Å². The Kier molecular flexibility index (Phi) is 5.93. The third kappa shape index (κ3) is 4.30. The summed E-state index contributed by atoms with van der Waals surface area (Å²) < 4.78 is 10.8. The quantitative estimate of drug-likeness (QED) is 0.477. The fraction of sp³-hybridized carbons (Fsp3) is 0.130. The van der Waals surface area contributed by atoms with Gasteiger partial charge in [0.25, 0.3) is 0 Å². The molecule has 0 saturated heterocycles. The molecule has 0 aliphatic rings. The van der Waals surface area contributed by atoms with Gasteiger partial charge in [0.05, 0.1) is 18.2 Å². The molecule has 5 heteroatoms. The van der Waals surface area contributed by atoms with Crippen LogP contribution in [0.25, 0.3) is 22.4 Å². The van der Waals surface area contributed by atoms with Gasteiger partial charge in [-0.3, -0.25) is 0 Å². The molecule has 0 bridgehead atoms. The van der Waals surface area contributed by atoms with Crippen LogP contribution in [0.15, 0.2) is 60.7 Å². The summed E-state index contributed by atoms with van der Waals surface area (Å²) in [7, 11) is 0. The van der Waals surface area contributed by atoms with Crippen LogP contribution in [-0.4, -0.2) is 24.3 Å². The summed E-state index contributed by atoms with van der Waals surface area (Å²) >= 11 is 0. The third-order valence-corrected chi connectivity index (χ3v) is 4.13. The molecule has 0 fully saturated rings. The zero-order valence-electron chi connectivity index (χ0n) is 15.4. The van der Waals surface area contributed by atoms with Crippen LogP contribution >= 0.6 is 0 Å². The summed E-state index contributed by atoms with van der Waals surface area (Å²) in [6.07, 6.45) is 1.78. The van der Waals surface area contributed by atoms with E-state index in [0.717, 1.165) is 21.9 Å². The average Bonchev–Trinajstić information content (AvgIpc) is 2.71. The number of nitriles is 1. The van der Waals surface area contributed by atoms with Crippen LogP contribution in [0.2, 0.25) is 0 Å². The first-order valence-electron chi connectivity index (χ1n) is 8.83. The number of ether oxygens (including phenoxy) is 2. The highest BCUT2D eigenvalue weighted by molar-refractivity contribution is 6.01. The van der Waals surface area contributed by atoms with Gasteiger partial charge in [0.1, 0.15) is 0 Å². The first-order chi connectivity index (χ1) is 13.6. The van der Waals surface area contributed by atoms with Crippen molar-refractivity contribution < 1.29 is 19.4 Å². The fourth-order valence-corrected chi connectivity index (χ4v) is 2.94. The van der Waals surface area contributed by atoms with E-state index in [1.165, 1.54) is 0 Å². The first-order valence-corrected chi connectivity index (χ1v) is 8.83. The van der Waals surface area contributed by atoms with Crippen molar-refractivity contribution in [3.05, 3.63) is 71.8 Å². The number of fused-ring (bicyclic) bond motifs is 1. The third-order valence-electron chi connectivity index (χ3n) is 4.13. The summed E-state index contributed by atoms with van der Waals surface area (Å²) in [4.78, 5) is 10.7. The lowest BCUT2D eigenvalue weighted by molar-refractivity contribution is -0.139. The SMILES string of the molecule is CCOc1cc(/C=C(/C#N)c2cccc3ccccc23)ccc1OCC(=O)O. The van der Waals surface area contributed by atoms with Crippen LogP contribution in [0.3, 0.4) is 0 Å². The molecule has 28 heavy (non-hydrogen) atoms. The highest BCUT2D eigenvalue weighted by Crippen LogP contribution is 2.31. The molecule has 3 aromatic rings. The van der Waals surface area contributed by atoms with Gasteiger partial charge >= 0.3 is 5.97 Å². The number of carbonyl (C=O) groups is 1. The highest BCUT2D eigenvalue weighted by Gasteiger charge is 2.10. The van der Waals surface area contributed by atoms with E-state index in [4.69, 9.17) is 14.6 Å². The lowest BCUT2D eigenvalue weighted by Gasteiger charge is -2.12. The summed E-state index contributed by atoms with van der Waals surface area (Å²) in [6, 6.07) is 21.2. The van der Waals surface area contributed by atoms with Gasteiger partial charge in [0.2, 0.25) is 0 Å². The predicted molar refractivity (Wildman–Crippen MR) is 108 cm³/mol. The second kappa shape index (κ2) is 8.74. The molecule has 0 aliphatic heterocycles. The van der Waals surface area contributed by atoms with Crippen LogP contribution in [0.5, 0.6) is 11.5 Å². The zero-order valence-corrected chi connectivity index (χ0v) is 15.4. The Morgan fingerprint density at radius 1 is 1.07 bits per heavy atom. The molecular weight excluding hydrogens is 354 g/mol. The molecule has 1 N–H and O–H groups in total. The number of nitrogens with zero attached hydrogens (tertiary/aromatic N) is 1. The Bertz CT molecular complexity index is 1070. The van der Waals surface area contributed by atoms with Crippen molar-refractivity contribution in [1.82, 2.24) is 0 Å². The number of aliphatic carboxylic acids is 1. The molecule has 140 valence electrons. The summed E-state index contributed by atoms with van der Waals surface area (Å²) in [6.45, 7) is 1.79. The number of hydrogen-bond donors (Lipinski definition) is 1. The minimum Gasteiger partial charge on any atom is -0.490 e. The van der Waals surface area contributed by atoms with Crippen molar-refractivity contribution in [2.24, 2.45) is 0 Å². The van der Waals surface area contributed by atoms with Gasteiger partial charge in [0, 0.05) is 5.56 Å². The second-order valence-electron chi connectivity index (χ2n) is 6.02. The Hall–Kier alpha value is -3.78. The van der Waals surface area contributed by atoms with Gasteiger partial charge in [-0.15, -0.1) is 0 Å². The normalized spacial score (nSPS) is 11.1. The molecule has 0 aliphatic carbocycles. The molecule has 0 spiro atoms. The van der Waals surface area contributed by atoms with E-state index in [9.17, 15) is 10.1 Å². The Labute approximate surface area is 163 Å². The topological polar surface area (TPSA) is 79.5 Å². The maximum absolute atomic E-state index is 10.7. The molecule has 0 radical (unpaired) electrons. The first kappa shape index (κ1) is 19.0. The summed E-state index contributed by atoms with van der Waals surface area (Å²) in [5.41, 5.74) is 2.14. The van der Waals surface area contributed by atoms with Crippen LogP contribution in [-0.2, 0) is 4.79 Å². The number of carboxylic acids is 1. The van der Waals surface area contributed by atoms with Gasteiger partial charge in [-0.25, -0.2) is 4.79 Å². The average molecular weight is 373 g/mol. The summed E-state index contributed by atoms with van der Waals surface area (Å²) in [5.74, 6) is -0.271. The summed E-state index contributed by atoms with van der Waals surface area (Å²) in [5, 5.41) is 20.6. The molecular formula is C23H19NO4. The number of benzene rings is 3. The molecule has 3 aromatic carbocycles. The van der Waals surface area contributed by atoms with E-state index in [0.29, 0.717) is 23.7 Å². The number of carboxylic acid groups (broad SMARTS) is 1. The Morgan fingerprint density at radius 3 is 2.61 bits per heavy atom. The molecule has 5 nitrogen and oxygen atoms in total. The molecule has 0 amide bonds. The van der Waals surface area contributed by atoms with E-state index >= 15 is 0 Å². The van der Waals surface area contributed by atoms with Gasteiger partial charge in [-0.1, -0.05) is 48.5 Å². The smallest absolute Gasteiger partial charge is 0.341 e. The van der Waals surface area contributed by atoms with E-state index in [2.05, 4.69) is 6.07 Å². The Balaban J connectivity index is 2.01. The fourth-order valence-electron chi connectivity index (χ4n) is 2.94. The molecule has 0 atom stereocenters. The van der Waals surface area contributed by atoms with Crippen molar-refractivity contribution in [3.8, 4) is 17.6 Å². The maximum atomic E-state index is 10.7. The maximum Gasteiger partial charge on any atom is 0.341 e. The van der Waals surface area contributed by atoms with E-state index < -0.39 is 12.6 Å². The van der Waals surface area contributed by atoms with Crippen molar-refractivity contribution in [2.75, 3.05) is 13.2 Å². The van der Waals surface area contributed by atoms with Gasteiger partial charge in [-0.05, 0) is 41.5 Å². The van der Waals surface area contributed by atoms with Gasteiger partial charge in [-0.2, -0.15) is 5.26 Å². The second-order valence-corrected chi connectivity index (χ2v) is 6.02. The van der Waals surface area contributed by atoms with E-state index in [1.807, 2.05) is 49.4 Å². The highest BCUT2D eigenvalue weighted by atomic mass is 16.5. The van der Waals surface area contributed by atoms with Gasteiger partial charge < -0.3 is 14.6 Å². The number of allylic oxidation sites excluding steroid dienone is 1. The van der Waals surface area contributed by atoms with Crippen LogP contribution < -0.4 is 9.47 Å². The minimum absolute atomic E-state index is 0.352. The van der Waals surface area contributed by atoms with Gasteiger partial charge in [0.15, 0.2) is 18.1 Å². The van der Waals surface area contributed by atoms with Crippen molar-refractivity contribution in [2.45, 2.75) is 6.92 Å². The lowest BCUT2D eigenvalue weighted by atomic mass is 9.97. The van der Waals surface area contributed by atoms with Crippen molar-refractivity contribution in [1.29, 1.82) is 5.26 Å². The van der Waals surface area contributed by atoms with Crippen LogP contribution in [0, 0.1) is 11.3 Å².